The molecule has 0 aromatic carbocycles. The van der Waals surface area contributed by atoms with Crippen LogP contribution in [0.1, 0.15) is 28.3 Å². The van der Waals surface area contributed by atoms with Crippen molar-refractivity contribution in [2.24, 2.45) is 0 Å². The molecule has 1 aromatic heterocycles. The average molecular weight is 324 g/mol. The molecule has 1 aromatic rings. The van der Waals surface area contributed by atoms with Gasteiger partial charge in [0.15, 0.2) is 0 Å². The first-order chi connectivity index (χ1) is 10.5. The maximum atomic E-state index is 12.5. The summed E-state index contributed by atoms with van der Waals surface area (Å²) < 4.78 is 10.0. The zero-order valence-corrected chi connectivity index (χ0v) is 13.1. The molecule has 2 fully saturated rings. The van der Waals surface area contributed by atoms with Crippen molar-refractivity contribution in [1.82, 2.24) is 10.2 Å². The molecular formula is C14H16N2O5S. The first-order valence-electron chi connectivity index (χ1n) is 6.86. The SMILES string of the molecule is COC(=O)c1oc(CN2C(=O)NC3(CCSC3)C2=O)cc1C. The van der Waals surface area contributed by atoms with Gasteiger partial charge in [0.05, 0.1) is 13.7 Å². The van der Waals surface area contributed by atoms with Gasteiger partial charge in [0, 0.05) is 11.3 Å². The molecule has 2 saturated heterocycles. The molecule has 22 heavy (non-hydrogen) atoms. The molecule has 0 aliphatic carbocycles. The van der Waals surface area contributed by atoms with Gasteiger partial charge in [-0.15, -0.1) is 0 Å². The fraction of sp³-hybridized carbons (Fsp3) is 0.500. The number of ether oxygens (including phenoxy) is 1. The molecule has 3 heterocycles. The van der Waals surface area contributed by atoms with Crippen LogP contribution in [-0.4, -0.2) is 47.0 Å². The van der Waals surface area contributed by atoms with Crippen molar-refractivity contribution in [2.75, 3.05) is 18.6 Å². The summed E-state index contributed by atoms with van der Waals surface area (Å²) in [6.45, 7) is 1.72. The maximum absolute atomic E-state index is 12.5. The van der Waals surface area contributed by atoms with Crippen molar-refractivity contribution in [3.63, 3.8) is 0 Å². The molecule has 1 spiro atoms. The third-order valence-corrected chi connectivity index (χ3v) is 5.11. The van der Waals surface area contributed by atoms with E-state index in [0.717, 1.165) is 10.7 Å². The molecule has 1 atom stereocenters. The molecule has 0 bridgehead atoms. The highest BCUT2D eigenvalue weighted by Gasteiger charge is 2.53. The summed E-state index contributed by atoms with van der Waals surface area (Å²) in [6, 6.07) is 1.22. The first-order valence-corrected chi connectivity index (χ1v) is 8.02. The molecular weight excluding hydrogens is 308 g/mol. The van der Waals surface area contributed by atoms with Gasteiger partial charge in [0.25, 0.3) is 5.91 Å². The number of hydrogen-bond donors (Lipinski definition) is 1. The minimum absolute atomic E-state index is 0.00885. The molecule has 3 rings (SSSR count). The van der Waals surface area contributed by atoms with Gasteiger partial charge in [-0.3, -0.25) is 9.69 Å². The van der Waals surface area contributed by atoms with Gasteiger partial charge < -0.3 is 14.5 Å². The molecule has 0 radical (unpaired) electrons. The van der Waals surface area contributed by atoms with Gasteiger partial charge in [-0.2, -0.15) is 11.8 Å². The van der Waals surface area contributed by atoms with E-state index in [1.807, 2.05) is 0 Å². The van der Waals surface area contributed by atoms with Crippen molar-refractivity contribution in [3.8, 4) is 0 Å². The van der Waals surface area contributed by atoms with Crippen LogP contribution in [0.4, 0.5) is 4.79 Å². The summed E-state index contributed by atoms with van der Waals surface area (Å²) in [5.74, 6) is 1.12. The lowest BCUT2D eigenvalue weighted by Crippen LogP contribution is -2.46. The van der Waals surface area contributed by atoms with Gasteiger partial charge in [0.1, 0.15) is 11.3 Å². The smallest absolute Gasteiger partial charge is 0.374 e. The zero-order chi connectivity index (χ0) is 15.9. The van der Waals surface area contributed by atoms with Crippen molar-refractivity contribution in [3.05, 3.63) is 23.2 Å². The van der Waals surface area contributed by atoms with E-state index >= 15 is 0 Å². The van der Waals surface area contributed by atoms with E-state index in [1.54, 1.807) is 24.8 Å². The second-order valence-electron chi connectivity index (χ2n) is 5.42. The monoisotopic (exact) mass is 324 g/mol. The van der Waals surface area contributed by atoms with Gasteiger partial charge in [0.2, 0.25) is 5.76 Å². The molecule has 0 saturated carbocycles. The van der Waals surface area contributed by atoms with Crippen LogP contribution in [0.15, 0.2) is 10.5 Å². The fourth-order valence-corrected chi connectivity index (χ4v) is 4.05. The van der Waals surface area contributed by atoms with E-state index in [1.165, 1.54) is 7.11 Å². The number of imide groups is 1. The van der Waals surface area contributed by atoms with E-state index in [9.17, 15) is 14.4 Å². The summed E-state index contributed by atoms with van der Waals surface area (Å²) in [6.07, 6.45) is 0.642. The molecule has 1 N–H and O–H groups in total. The third-order valence-electron chi connectivity index (χ3n) is 3.92. The molecule has 2 aliphatic heterocycles. The largest absolute Gasteiger partial charge is 0.463 e. The lowest BCUT2D eigenvalue weighted by molar-refractivity contribution is -0.131. The lowest BCUT2D eigenvalue weighted by atomic mass is 9.99. The minimum Gasteiger partial charge on any atom is -0.463 e. The number of furan rings is 1. The standard InChI is InChI=1S/C14H16N2O5S/c1-8-5-9(21-10(8)11(17)20-2)6-16-12(18)14(15-13(16)19)3-4-22-7-14/h5H,3-4,6-7H2,1-2H3,(H,15,19). The van der Waals surface area contributed by atoms with Crippen LogP contribution < -0.4 is 5.32 Å². The minimum atomic E-state index is -0.769. The van der Waals surface area contributed by atoms with Gasteiger partial charge in [-0.25, -0.2) is 9.59 Å². The number of thioether (sulfide) groups is 1. The molecule has 1 unspecified atom stereocenters. The molecule has 3 amide bonds. The predicted molar refractivity (Wildman–Crippen MR) is 78.5 cm³/mol. The molecule has 7 nitrogen and oxygen atoms in total. The summed E-state index contributed by atoms with van der Waals surface area (Å²) >= 11 is 1.65. The van der Waals surface area contributed by atoms with Crippen LogP contribution in [0.2, 0.25) is 0 Å². The summed E-state index contributed by atoms with van der Waals surface area (Å²) in [7, 11) is 1.27. The van der Waals surface area contributed by atoms with E-state index in [0.29, 0.717) is 23.5 Å². The Kier molecular flexibility index (Phi) is 3.64. The number of aryl methyl sites for hydroxylation is 1. The van der Waals surface area contributed by atoms with Crippen molar-refractivity contribution < 1.29 is 23.5 Å². The van der Waals surface area contributed by atoms with Crippen molar-refractivity contribution >= 4 is 29.7 Å². The Morgan fingerprint density at radius 1 is 1.55 bits per heavy atom. The Morgan fingerprint density at radius 2 is 2.32 bits per heavy atom. The highest BCUT2D eigenvalue weighted by atomic mass is 32.2. The highest BCUT2D eigenvalue weighted by Crippen LogP contribution is 2.34. The quantitative estimate of drug-likeness (QED) is 0.666. The molecule has 2 aliphatic rings. The van der Waals surface area contributed by atoms with Gasteiger partial charge in [-0.1, -0.05) is 0 Å². The topological polar surface area (TPSA) is 88.8 Å². The third kappa shape index (κ3) is 2.27. The number of esters is 1. The Balaban J connectivity index is 1.80. The van der Waals surface area contributed by atoms with Crippen LogP contribution in [-0.2, 0) is 16.1 Å². The normalized spacial score (nSPS) is 24.2. The second kappa shape index (κ2) is 5.35. The Labute approximate surface area is 131 Å². The Bertz CT molecular complexity index is 648. The number of rotatable bonds is 3. The molecule has 118 valence electrons. The van der Waals surface area contributed by atoms with Gasteiger partial charge >= 0.3 is 12.0 Å². The van der Waals surface area contributed by atoms with E-state index < -0.39 is 17.5 Å². The van der Waals surface area contributed by atoms with Crippen LogP contribution in [0, 0.1) is 6.92 Å². The van der Waals surface area contributed by atoms with Crippen LogP contribution in [0.3, 0.4) is 0 Å². The van der Waals surface area contributed by atoms with Gasteiger partial charge in [-0.05, 0) is 25.2 Å². The number of methoxy groups -OCH3 is 1. The predicted octanol–water partition coefficient (Wildman–Crippen LogP) is 1.30. The van der Waals surface area contributed by atoms with Crippen molar-refractivity contribution in [1.29, 1.82) is 0 Å². The van der Waals surface area contributed by atoms with Crippen LogP contribution in [0.25, 0.3) is 0 Å². The lowest BCUT2D eigenvalue weighted by Gasteiger charge is -2.18. The summed E-state index contributed by atoms with van der Waals surface area (Å²) in [5, 5.41) is 2.79. The number of carbonyl (C=O) groups excluding carboxylic acids is 3. The number of hydrogen-bond acceptors (Lipinski definition) is 6. The van der Waals surface area contributed by atoms with Crippen LogP contribution in [0.5, 0.6) is 0 Å². The number of urea groups is 1. The van der Waals surface area contributed by atoms with Crippen LogP contribution >= 0.6 is 11.8 Å². The Hall–Kier alpha value is -1.96. The molecule has 8 heteroatoms. The van der Waals surface area contributed by atoms with E-state index in [-0.39, 0.29) is 18.2 Å². The number of nitrogens with zero attached hydrogens (tertiary/aromatic N) is 1. The average Bonchev–Trinajstić information content (AvgIpc) is 3.15. The maximum Gasteiger partial charge on any atom is 0.374 e. The summed E-state index contributed by atoms with van der Waals surface area (Å²) in [5.41, 5.74) is -0.158. The second-order valence-corrected chi connectivity index (χ2v) is 6.53. The summed E-state index contributed by atoms with van der Waals surface area (Å²) in [4.78, 5) is 37.3. The fourth-order valence-electron chi connectivity index (χ4n) is 2.73. The van der Waals surface area contributed by atoms with E-state index in [4.69, 9.17) is 4.42 Å². The zero-order valence-electron chi connectivity index (χ0n) is 12.3. The number of amides is 3. The first kappa shape index (κ1) is 15.0. The highest BCUT2D eigenvalue weighted by molar-refractivity contribution is 7.99. The number of nitrogens with one attached hydrogen (secondary N) is 1. The number of carbonyl (C=O) groups is 3. The van der Waals surface area contributed by atoms with E-state index in [2.05, 4.69) is 10.1 Å². The Morgan fingerprint density at radius 3 is 2.95 bits per heavy atom. The van der Waals surface area contributed by atoms with Crippen molar-refractivity contribution in [2.45, 2.75) is 25.4 Å².